The first-order chi connectivity index (χ1) is 8.22. The maximum Gasteiger partial charge on any atom is 0.0693 e. The summed E-state index contributed by atoms with van der Waals surface area (Å²) in [6.45, 7) is 0. The molecule has 0 radical (unpaired) electrons. The lowest BCUT2D eigenvalue weighted by Gasteiger charge is -2.58. The van der Waals surface area contributed by atoms with Crippen molar-refractivity contribution in [1.29, 1.82) is 0 Å². The first kappa shape index (κ1) is 10.8. The van der Waals surface area contributed by atoms with Crippen LogP contribution in [0, 0.1) is 17.8 Å². The van der Waals surface area contributed by atoms with Crippen molar-refractivity contribution >= 4 is 0 Å². The van der Waals surface area contributed by atoms with E-state index in [-0.39, 0.29) is 6.10 Å². The van der Waals surface area contributed by atoms with Gasteiger partial charge in [0.15, 0.2) is 0 Å². The van der Waals surface area contributed by atoms with Crippen molar-refractivity contribution in [1.82, 2.24) is 5.32 Å². The van der Waals surface area contributed by atoms with Gasteiger partial charge in [0.2, 0.25) is 0 Å². The van der Waals surface area contributed by atoms with Gasteiger partial charge in [-0.05, 0) is 75.5 Å². The summed E-state index contributed by atoms with van der Waals surface area (Å²) < 4.78 is 0. The molecule has 0 amide bonds. The molecular weight excluding hydrogens is 210 g/mol. The van der Waals surface area contributed by atoms with E-state index in [1.807, 2.05) is 0 Å². The zero-order chi connectivity index (χ0) is 11.5. The minimum Gasteiger partial charge on any atom is -0.392 e. The summed E-state index contributed by atoms with van der Waals surface area (Å²) in [5, 5.41) is 14.0. The molecule has 2 nitrogen and oxygen atoms in total. The highest BCUT2D eigenvalue weighted by Crippen LogP contribution is 2.56. The molecule has 5 fully saturated rings. The summed E-state index contributed by atoms with van der Waals surface area (Å²) in [5.74, 6) is 3.02. The standard InChI is InChI=1S/C15H25NO/c17-14-3-1-2-13(14)16-15-7-10-4-11(8-15)6-12(5-10)9-15/h10-14,16-17H,1-9H2/t10?,11?,12?,13-,14-,15?/m0/s1. The molecule has 96 valence electrons. The molecule has 5 aliphatic carbocycles. The van der Waals surface area contributed by atoms with Crippen LogP contribution in [0.5, 0.6) is 0 Å². The number of rotatable bonds is 2. The first-order valence-electron chi connectivity index (χ1n) is 7.68. The summed E-state index contributed by atoms with van der Waals surface area (Å²) in [6, 6.07) is 0.409. The Morgan fingerprint density at radius 3 is 1.94 bits per heavy atom. The number of aliphatic hydroxyl groups excluding tert-OH is 1. The van der Waals surface area contributed by atoms with Crippen LogP contribution in [0.4, 0.5) is 0 Å². The normalized spacial score (nSPS) is 56.6. The van der Waals surface area contributed by atoms with Crippen LogP contribution in [0.2, 0.25) is 0 Å². The van der Waals surface area contributed by atoms with Gasteiger partial charge in [-0.25, -0.2) is 0 Å². The summed E-state index contributed by atoms with van der Waals surface area (Å²) in [6.07, 6.45) is 12.1. The molecule has 0 aliphatic heterocycles. The van der Waals surface area contributed by atoms with Gasteiger partial charge < -0.3 is 10.4 Å². The van der Waals surface area contributed by atoms with Gasteiger partial charge in [0.25, 0.3) is 0 Å². The molecule has 4 bridgehead atoms. The maximum atomic E-state index is 10.0. The molecule has 0 saturated heterocycles. The van der Waals surface area contributed by atoms with Crippen molar-refractivity contribution < 1.29 is 5.11 Å². The Kier molecular flexibility index (Phi) is 2.36. The maximum absolute atomic E-state index is 10.0. The highest BCUT2D eigenvalue weighted by Gasteiger charge is 2.51. The minimum atomic E-state index is -0.0667. The molecule has 17 heavy (non-hydrogen) atoms. The number of aliphatic hydroxyl groups is 1. The highest BCUT2D eigenvalue weighted by atomic mass is 16.3. The van der Waals surface area contributed by atoms with Gasteiger partial charge in [0.05, 0.1) is 6.10 Å². The van der Waals surface area contributed by atoms with Gasteiger partial charge in [0.1, 0.15) is 0 Å². The Hall–Kier alpha value is -0.0800. The average molecular weight is 235 g/mol. The Morgan fingerprint density at radius 2 is 1.47 bits per heavy atom. The van der Waals surface area contributed by atoms with E-state index in [0.29, 0.717) is 11.6 Å². The van der Waals surface area contributed by atoms with Crippen LogP contribution < -0.4 is 5.32 Å². The van der Waals surface area contributed by atoms with Crippen LogP contribution in [0.25, 0.3) is 0 Å². The van der Waals surface area contributed by atoms with E-state index in [2.05, 4.69) is 5.32 Å². The number of nitrogens with one attached hydrogen (secondary N) is 1. The first-order valence-corrected chi connectivity index (χ1v) is 7.68. The lowest BCUT2D eigenvalue weighted by molar-refractivity contribution is -0.0323. The van der Waals surface area contributed by atoms with Gasteiger partial charge in [-0.3, -0.25) is 0 Å². The smallest absolute Gasteiger partial charge is 0.0693 e. The Morgan fingerprint density at radius 1 is 0.882 bits per heavy atom. The van der Waals surface area contributed by atoms with Crippen LogP contribution in [-0.4, -0.2) is 22.8 Å². The highest BCUT2D eigenvalue weighted by molar-refractivity contribution is 5.08. The molecule has 2 N–H and O–H groups in total. The van der Waals surface area contributed by atoms with E-state index in [1.165, 1.54) is 51.4 Å². The molecule has 5 saturated carbocycles. The summed E-state index contributed by atoms with van der Waals surface area (Å²) in [7, 11) is 0. The van der Waals surface area contributed by atoms with Crippen molar-refractivity contribution in [3.8, 4) is 0 Å². The fourth-order valence-electron chi connectivity index (χ4n) is 5.79. The van der Waals surface area contributed by atoms with E-state index in [9.17, 15) is 5.11 Å². The molecular formula is C15H25NO. The minimum absolute atomic E-state index is 0.0667. The van der Waals surface area contributed by atoms with Crippen molar-refractivity contribution in [2.45, 2.75) is 75.5 Å². The van der Waals surface area contributed by atoms with Crippen LogP contribution >= 0.6 is 0 Å². The van der Waals surface area contributed by atoms with E-state index in [1.54, 1.807) is 0 Å². The van der Waals surface area contributed by atoms with Crippen LogP contribution in [0.3, 0.4) is 0 Å². The Labute approximate surface area is 104 Å². The van der Waals surface area contributed by atoms with E-state index >= 15 is 0 Å². The Balaban J connectivity index is 1.52. The average Bonchev–Trinajstić information content (AvgIpc) is 2.61. The van der Waals surface area contributed by atoms with Crippen molar-refractivity contribution in [3.63, 3.8) is 0 Å². The second-order valence-corrected chi connectivity index (χ2v) is 7.45. The topological polar surface area (TPSA) is 32.3 Å². The zero-order valence-corrected chi connectivity index (χ0v) is 10.7. The molecule has 5 rings (SSSR count). The second-order valence-electron chi connectivity index (χ2n) is 7.45. The SMILES string of the molecule is O[C@H]1CCC[C@@H]1NC12CC3CC(CC(C3)C1)C2. The van der Waals surface area contributed by atoms with Crippen molar-refractivity contribution in [2.75, 3.05) is 0 Å². The third-order valence-electron chi connectivity index (χ3n) is 6.01. The van der Waals surface area contributed by atoms with E-state index in [4.69, 9.17) is 0 Å². The van der Waals surface area contributed by atoms with Gasteiger partial charge in [-0.15, -0.1) is 0 Å². The van der Waals surface area contributed by atoms with Crippen molar-refractivity contribution in [3.05, 3.63) is 0 Å². The molecule has 0 aromatic carbocycles. The fourth-order valence-corrected chi connectivity index (χ4v) is 5.79. The summed E-state index contributed by atoms with van der Waals surface area (Å²) >= 11 is 0. The van der Waals surface area contributed by atoms with E-state index < -0.39 is 0 Å². The molecule has 5 aliphatic rings. The van der Waals surface area contributed by atoms with Gasteiger partial charge in [0, 0.05) is 11.6 Å². The lowest BCUT2D eigenvalue weighted by Crippen LogP contribution is -2.61. The number of hydrogen-bond donors (Lipinski definition) is 2. The molecule has 0 heterocycles. The molecule has 0 spiro atoms. The monoisotopic (exact) mass is 235 g/mol. The summed E-state index contributed by atoms with van der Waals surface area (Å²) in [4.78, 5) is 0. The Bertz CT molecular complexity index is 279. The van der Waals surface area contributed by atoms with Crippen LogP contribution in [0.15, 0.2) is 0 Å². The van der Waals surface area contributed by atoms with Gasteiger partial charge >= 0.3 is 0 Å². The predicted octanol–water partition coefficient (Wildman–Crippen LogP) is 2.46. The lowest BCUT2D eigenvalue weighted by atomic mass is 9.53. The third kappa shape index (κ3) is 1.76. The third-order valence-corrected chi connectivity index (χ3v) is 6.01. The molecule has 0 unspecified atom stereocenters. The van der Waals surface area contributed by atoms with Crippen LogP contribution in [0.1, 0.15) is 57.8 Å². The second kappa shape index (κ2) is 3.71. The molecule has 2 atom stereocenters. The largest absolute Gasteiger partial charge is 0.392 e. The molecule has 2 heteroatoms. The predicted molar refractivity (Wildman–Crippen MR) is 67.7 cm³/mol. The zero-order valence-electron chi connectivity index (χ0n) is 10.7. The van der Waals surface area contributed by atoms with Crippen molar-refractivity contribution in [2.24, 2.45) is 17.8 Å². The van der Waals surface area contributed by atoms with Crippen LogP contribution in [-0.2, 0) is 0 Å². The number of hydrogen-bond acceptors (Lipinski definition) is 2. The van der Waals surface area contributed by atoms with Gasteiger partial charge in [-0.1, -0.05) is 0 Å². The summed E-state index contributed by atoms with van der Waals surface area (Å²) in [5.41, 5.74) is 0.435. The van der Waals surface area contributed by atoms with Gasteiger partial charge in [-0.2, -0.15) is 0 Å². The molecule has 0 aromatic heterocycles. The molecule has 0 aromatic rings. The fraction of sp³-hybridized carbons (Fsp3) is 1.00. The van der Waals surface area contributed by atoms with E-state index in [0.717, 1.165) is 24.2 Å². The quantitative estimate of drug-likeness (QED) is 0.770.